The zero-order chi connectivity index (χ0) is 14.6. The van der Waals surface area contributed by atoms with E-state index in [2.05, 4.69) is 0 Å². The Bertz CT molecular complexity index is 473. The molecule has 1 fully saturated rings. The molecule has 1 saturated carbocycles. The van der Waals surface area contributed by atoms with Crippen LogP contribution in [0.4, 0.5) is 0 Å². The molecule has 1 N–H and O–H groups in total. The van der Waals surface area contributed by atoms with Gasteiger partial charge < -0.3 is 14.6 Å². The van der Waals surface area contributed by atoms with Crippen LogP contribution >= 0.6 is 0 Å². The van der Waals surface area contributed by atoms with Gasteiger partial charge in [0.15, 0.2) is 5.78 Å². The van der Waals surface area contributed by atoms with Crippen molar-refractivity contribution in [3.63, 3.8) is 0 Å². The fourth-order valence-electron chi connectivity index (χ4n) is 2.78. The molecular weight excluding hydrogens is 256 g/mol. The summed E-state index contributed by atoms with van der Waals surface area (Å²) in [6.45, 7) is 0. The van der Waals surface area contributed by atoms with Crippen LogP contribution in [0.3, 0.4) is 0 Å². The Morgan fingerprint density at radius 3 is 2.30 bits per heavy atom. The molecule has 0 aliphatic heterocycles. The first-order valence-electron chi connectivity index (χ1n) is 7.10. The Kier molecular flexibility index (Phi) is 4.65. The lowest BCUT2D eigenvalue weighted by atomic mass is 9.85. The van der Waals surface area contributed by atoms with Crippen molar-refractivity contribution in [2.75, 3.05) is 14.2 Å². The van der Waals surface area contributed by atoms with Gasteiger partial charge in [0.2, 0.25) is 0 Å². The monoisotopic (exact) mass is 278 g/mol. The van der Waals surface area contributed by atoms with Gasteiger partial charge >= 0.3 is 0 Å². The number of hydrogen-bond donors (Lipinski definition) is 1. The van der Waals surface area contributed by atoms with Crippen LogP contribution in [0.5, 0.6) is 11.5 Å². The summed E-state index contributed by atoms with van der Waals surface area (Å²) in [6.07, 6.45) is 4.96. The van der Waals surface area contributed by atoms with Crippen molar-refractivity contribution in [3.8, 4) is 11.5 Å². The van der Waals surface area contributed by atoms with Gasteiger partial charge in [0.05, 0.1) is 19.8 Å². The molecule has 0 unspecified atom stereocenters. The minimum absolute atomic E-state index is 0.254. The van der Waals surface area contributed by atoms with Gasteiger partial charge in [0, 0.05) is 0 Å². The van der Waals surface area contributed by atoms with Crippen molar-refractivity contribution >= 4 is 5.78 Å². The van der Waals surface area contributed by atoms with Crippen molar-refractivity contribution in [2.45, 2.75) is 44.1 Å². The zero-order valence-electron chi connectivity index (χ0n) is 12.1. The van der Waals surface area contributed by atoms with E-state index in [1.807, 2.05) is 0 Å². The maximum absolute atomic E-state index is 12.7. The topological polar surface area (TPSA) is 55.8 Å². The summed E-state index contributed by atoms with van der Waals surface area (Å²) in [5, 5.41) is 10.7. The highest BCUT2D eigenvalue weighted by molar-refractivity contribution is 6.04. The van der Waals surface area contributed by atoms with Crippen LogP contribution in [-0.4, -0.2) is 30.7 Å². The Hall–Kier alpha value is -1.55. The lowest BCUT2D eigenvalue weighted by Crippen LogP contribution is -2.38. The number of ketones is 1. The van der Waals surface area contributed by atoms with Crippen molar-refractivity contribution in [1.29, 1.82) is 0 Å². The minimum atomic E-state index is -1.27. The molecule has 0 bridgehead atoms. The van der Waals surface area contributed by atoms with Crippen LogP contribution in [0.2, 0.25) is 0 Å². The van der Waals surface area contributed by atoms with Crippen LogP contribution in [0.1, 0.15) is 48.9 Å². The first-order chi connectivity index (χ1) is 9.60. The number of aliphatic hydroxyl groups is 1. The number of hydrogen-bond acceptors (Lipinski definition) is 4. The predicted molar refractivity (Wildman–Crippen MR) is 76.5 cm³/mol. The third-order valence-electron chi connectivity index (χ3n) is 4.00. The Morgan fingerprint density at radius 1 is 1.10 bits per heavy atom. The number of carbonyl (C=O) groups is 1. The van der Waals surface area contributed by atoms with Crippen LogP contribution in [0.25, 0.3) is 0 Å². The second-order valence-corrected chi connectivity index (χ2v) is 5.34. The molecule has 1 aliphatic rings. The van der Waals surface area contributed by atoms with E-state index < -0.39 is 5.60 Å². The fraction of sp³-hybridized carbons (Fsp3) is 0.562. The Labute approximate surface area is 119 Å². The second kappa shape index (κ2) is 6.27. The van der Waals surface area contributed by atoms with E-state index in [4.69, 9.17) is 9.47 Å². The van der Waals surface area contributed by atoms with Crippen LogP contribution in [0.15, 0.2) is 18.2 Å². The van der Waals surface area contributed by atoms with Gasteiger partial charge in [-0.15, -0.1) is 0 Å². The van der Waals surface area contributed by atoms with E-state index in [0.29, 0.717) is 29.9 Å². The number of benzene rings is 1. The highest BCUT2D eigenvalue weighted by atomic mass is 16.5. The van der Waals surface area contributed by atoms with Gasteiger partial charge in [-0.25, -0.2) is 0 Å². The van der Waals surface area contributed by atoms with E-state index in [1.54, 1.807) is 25.3 Å². The average molecular weight is 278 g/mol. The Morgan fingerprint density at radius 2 is 1.75 bits per heavy atom. The first kappa shape index (κ1) is 14.9. The van der Waals surface area contributed by atoms with Gasteiger partial charge in [-0.05, 0) is 31.0 Å². The lowest BCUT2D eigenvalue weighted by molar-refractivity contribution is 0.0235. The number of ether oxygens (including phenoxy) is 2. The van der Waals surface area contributed by atoms with E-state index in [9.17, 15) is 9.90 Å². The van der Waals surface area contributed by atoms with E-state index >= 15 is 0 Å². The molecule has 0 saturated heterocycles. The van der Waals surface area contributed by atoms with E-state index in [1.165, 1.54) is 7.11 Å². The lowest BCUT2D eigenvalue weighted by Gasteiger charge is -2.25. The Balaban J connectivity index is 2.35. The molecule has 4 nitrogen and oxygen atoms in total. The van der Waals surface area contributed by atoms with Crippen molar-refractivity contribution in [3.05, 3.63) is 23.8 Å². The third-order valence-corrected chi connectivity index (χ3v) is 4.00. The molecule has 0 heterocycles. The first-order valence-corrected chi connectivity index (χ1v) is 7.10. The predicted octanol–water partition coefficient (Wildman–Crippen LogP) is 2.97. The summed E-state index contributed by atoms with van der Waals surface area (Å²) in [4.78, 5) is 12.7. The molecule has 1 aromatic rings. The highest BCUT2D eigenvalue weighted by Gasteiger charge is 2.38. The number of methoxy groups -OCH3 is 2. The van der Waals surface area contributed by atoms with Crippen LogP contribution < -0.4 is 9.47 Å². The highest BCUT2D eigenvalue weighted by Crippen LogP contribution is 2.34. The minimum Gasteiger partial charge on any atom is -0.497 e. The van der Waals surface area contributed by atoms with Gasteiger partial charge in [0.1, 0.15) is 17.1 Å². The zero-order valence-corrected chi connectivity index (χ0v) is 12.1. The molecule has 4 heteroatoms. The van der Waals surface area contributed by atoms with Crippen LogP contribution in [-0.2, 0) is 0 Å². The summed E-state index contributed by atoms with van der Waals surface area (Å²) in [6, 6.07) is 5.09. The summed E-state index contributed by atoms with van der Waals surface area (Å²) in [7, 11) is 3.08. The standard InChI is InChI=1S/C16H22O4/c1-19-12-7-8-14(20-2)13(11-12)15(17)16(18)9-5-3-4-6-10-16/h7-8,11,18H,3-6,9-10H2,1-2H3. The molecule has 0 spiro atoms. The number of carbonyl (C=O) groups excluding carboxylic acids is 1. The summed E-state index contributed by atoms with van der Waals surface area (Å²) in [5.41, 5.74) is -0.868. The van der Waals surface area contributed by atoms with Crippen molar-refractivity contribution < 1.29 is 19.4 Å². The third kappa shape index (κ3) is 2.96. The largest absolute Gasteiger partial charge is 0.497 e. The van der Waals surface area contributed by atoms with Crippen molar-refractivity contribution in [2.24, 2.45) is 0 Å². The van der Waals surface area contributed by atoms with Crippen molar-refractivity contribution in [1.82, 2.24) is 0 Å². The summed E-state index contributed by atoms with van der Waals surface area (Å²) in [5.74, 6) is 0.815. The van der Waals surface area contributed by atoms with Gasteiger partial charge in [0.25, 0.3) is 0 Å². The molecule has 0 amide bonds. The molecule has 0 aromatic heterocycles. The fourth-order valence-corrected chi connectivity index (χ4v) is 2.78. The van der Waals surface area contributed by atoms with Gasteiger partial charge in [-0.3, -0.25) is 4.79 Å². The molecular formula is C16H22O4. The number of Topliss-reactive ketones (excluding diaryl/α,β-unsaturated/α-hetero) is 1. The summed E-state index contributed by atoms with van der Waals surface area (Å²) >= 11 is 0. The average Bonchev–Trinajstić information content (AvgIpc) is 2.71. The van der Waals surface area contributed by atoms with Crippen LogP contribution in [0, 0.1) is 0 Å². The van der Waals surface area contributed by atoms with E-state index in [0.717, 1.165) is 25.7 Å². The molecule has 110 valence electrons. The maximum atomic E-state index is 12.7. The number of rotatable bonds is 4. The quantitative estimate of drug-likeness (QED) is 0.679. The van der Waals surface area contributed by atoms with Gasteiger partial charge in [-0.2, -0.15) is 0 Å². The van der Waals surface area contributed by atoms with E-state index in [-0.39, 0.29) is 5.78 Å². The summed E-state index contributed by atoms with van der Waals surface area (Å²) < 4.78 is 10.4. The normalized spacial score (nSPS) is 18.1. The molecule has 0 radical (unpaired) electrons. The molecule has 20 heavy (non-hydrogen) atoms. The molecule has 2 rings (SSSR count). The second-order valence-electron chi connectivity index (χ2n) is 5.34. The van der Waals surface area contributed by atoms with Gasteiger partial charge in [-0.1, -0.05) is 25.7 Å². The molecule has 0 atom stereocenters. The molecule has 1 aliphatic carbocycles. The SMILES string of the molecule is COc1ccc(OC)c(C(=O)C2(O)CCCCCC2)c1. The maximum Gasteiger partial charge on any atom is 0.198 e. The smallest absolute Gasteiger partial charge is 0.198 e. The molecule has 1 aromatic carbocycles.